The topological polar surface area (TPSA) is 61.7 Å². The Morgan fingerprint density at radius 1 is 1.38 bits per heavy atom. The number of rotatable bonds is 1. The van der Waals surface area contributed by atoms with E-state index >= 15 is 0 Å². The molecule has 13 heavy (non-hydrogen) atoms. The third-order valence-corrected chi connectivity index (χ3v) is 2.00. The van der Waals surface area contributed by atoms with Crippen LogP contribution in [0.3, 0.4) is 0 Å². The quantitative estimate of drug-likeness (QED) is 0.686. The van der Waals surface area contributed by atoms with E-state index in [1.165, 1.54) is 0 Å². The maximum absolute atomic E-state index is 5.76. The van der Waals surface area contributed by atoms with Crippen LogP contribution in [0.5, 0.6) is 0 Å². The molecule has 0 spiro atoms. The molecular weight excluding hydrogens is 166 g/mol. The Kier molecular flexibility index (Phi) is 1.58. The molecule has 2 rings (SSSR count). The largest absolute Gasteiger partial charge is 0.396 e. The van der Waals surface area contributed by atoms with E-state index in [0.717, 1.165) is 11.5 Å². The summed E-state index contributed by atoms with van der Waals surface area (Å²) in [5.41, 5.74) is 7.27. The SMILES string of the molecule is Cn1ccnc1-c1c(N)cnn1C. The molecule has 0 amide bonds. The van der Waals surface area contributed by atoms with Gasteiger partial charge < -0.3 is 10.3 Å². The van der Waals surface area contributed by atoms with Crippen LogP contribution in [-0.4, -0.2) is 19.3 Å². The molecule has 5 heteroatoms. The molecule has 2 heterocycles. The smallest absolute Gasteiger partial charge is 0.160 e. The Bertz CT molecular complexity index is 406. The van der Waals surface area contributed by atoms with Gasteiger partial charge in [-0.1, -0.05) is 0 Å². The fourth-order valence-electron chi connectivity index (χ4n) is 1.32. The lowest BCUT2D eigenvalue weighted by Crippen LogP contribution is -2.01. The van der Waals surface area contributed by atoms with Crippen LogP contribution in [0, 0.1) is 0 Å². The number of nitrogens with zero attached hydrogens (tertiary/aromatic N) is 4. The standard InChI is InChI=1S/C8H11N5/c1-12-4-3-10-8(12)7-6(9)5-11-13(7)2/h3-5H,9H2,1-2H3. The summed E-state index contributed by atoms with van der Waals surface area (Å²) in [6, 6.07) is 0. The molecule has 0 atom stereocenters. The van der Waals surface area contributed by atoms with E-state index in [1.54, 1.807) is 17.1 Å². The van der Waals surface area contributed by atoms with Gasteiger partial charge in [-0.05, 0) is 0 Å². The van der Waals surface area contributed by atoms with Gasteiger partial charge in [-0.15, -0.1) is 0 Å². The minimum atomic E-state index is 0.650. The highest BCUT2D eigenvalue weighted by Gasteiger charge is 2.11. The van der Waals surface area contributed by atoms with Crippen molar-refractivity contribution in [2.45, 2.75) is 0 Å². The van der Waals surface area contributed by atoms with Crippen molar-refractivity contribution >= 4 is 5.69 Å². The van der Waals surface area contributed by atoms with Crippen LogP contribution in [0.2, 0.25) is 0 Å². The first-order chi connectivity index (χ1) is 6.20. The summed E-state index contributed by atoms with van der Waals surface area (Å²) in [6.45, 7) is 0. The van der Waals surface area contributed by atoms with Crippen LogP contribution in [0.15, 0.2) is 18.6 Å². The van der Waals surface area contributed by atoms with Gasteiger partial charge in [0.25, 0.3) is 0 Å². The second-order valence-corrected chi connectivity index (χ2v) is 2.93. The highest BCUT2D eigenvalue weighted by Crippen LogP contribution is 2.21. The van der Waals surface area contributed by atoms with Crippen LogP contribution in [-0.2, 0) is 14.1 Å². The van der Waals surface area contributed by atoms with Gasteiger partial charge in [-0.2, -0.15) is 5.10 Å². The monoisotopic (exact) mass is 177 g/mol. The van der Waals surface area contributed by atoms with E-state index in [4.69, 9.17) is 5.73 Å². The van der Waals surface area contributed by atoms with E-state index in [-0.39, 0.29) is 0 Å². The van der Waals surface area contributed by atoms with Gasteiger partial charge in [0.2, 0.25) is 0 Å². The van der Waals surface area contributed by atoms with E-state index in [1.807, 2.05) is 24.9 Å². The van der Waals surface area contributed by atoms with E-state index < -0.39 is 0 Å². The molecule has 0 saturated carbocycles. The summed E-state index contributed by atoms with van der Waals surface area (Å²) >= 11 is 0. The fourth-order valence-corrected chi connectivity index (χ4v) is 1.32. The molecule has 2 aromatic heterocycles. The molecule has 0 bridgehead atoms. The van der Waals surface area contributed by atoms with Crippen LogP contribution in [0.4, 0.5) is 5.69 Å². The molecule has 0 unspecified atom stereocenters. The van der Waals surface area contributed by atoms with Crippen LogP contribution >= 0.6 is 0 Å². The summed E-state index contributed by atoms with van der Waals surface area (Å²) < 4.78 is 3.63. The van der Waals surface area contributed by atoms with Crippen LogP contribution in [0.25, 0.3) is 11.5 Å². The zero-order valence-electron chi connectivity index (χ0n) is 7.60. The zero-order chi connectivity index (χ0) is 9.42. The summed E-state index contributed by atoms with van der Waals surface area (Å²) in [5.74, 6) is 0.831. The third-order valence-electron chi connectivity index (χ3n) is 2.00. The molecule has 0 aliphatic rings. The molecule has 0 fully saturated rings. The third kappa shape index (κ3) is 1.09. The second kappa shape index (κ2) is 2.62. The van der Waals surface area contributed by atoms with Gasteiger partial charge in [-0.3, -0.25) is 4.68 Å². The number of nitrogen functional groups attached to an aromatic ring is 1. The van der Waals surface area contributed by atoms with Crippen LogP contribution < -0.4 is 5.73 Å². The first kappa shape index (κ1) is 7.85. The molecule has 0 saturated heterocycles. The Morgan fingerprint density at radius 3 is 2.62 bits per heavy atom. The van der Waals surface area contributed by atoms with Crippen molar-refractivity contribution in [3.8, 4) is 11.5 Å². The van der Waals surface area contributed by atoms with Crippen molar-refractivity contribution in [2.75, 3.05) is 5.73 Å². The summed E-state index contributed by atoms with van der Waals surface area (Å²) in [4.78, 5) is 4.20. The Balaban J connectivity index is 2.64. The number of imidazole rings is 1. The highest BCUT2D eigenvalue weighted by atomic mass is 15.3. The van der Waals surface area contributed by atoms with Gasteiger partial charge in [0.05, 0.1) is 11.9 Å². The fraction of sp³-hybridized carbons (Fsp3) is 0.250. The molecule has 5 nitrogen and oxygen atoms in total. The van der Waals surface area contributed by atoms with Gasteiger partial charge >= 0.3 is 0 Å². The maximum atomic E-state index is 5.76. The lowest BCUT2D eigenvalue weighted by molar-refractivity contribution is 0.762. The average molecular weight is 177 g/mol. The molecule has 68 valence electrons. The van der Waals surface area contributed by atoms with Gasteiger partial charge in [0.1, 0.15) is 5.69 Å². The second-order valence-electron chi connectivity index (χ2n) is 2.93. The Labute approximate surface area is 75.8 Å². The minimum absolute atomic E-state index is 0.650. The summed E-state index contributed by atoms with van der Waals surface area (Å²) in [6.07, 6.45) is 5.24. The average Bonchev–Trinajstić information content (AvgIpc) is 2.60. The molecular formula is C8H11N5. The van der Waals surface area contributed by atoms with Crippen molar-refractivity contribution in [1.82, 2.24) is 19.3 Å². The number of nitrogens with two attached hydrogens (primary N) is 1. The number of aryl methyl sites for hydroxylation is 2. The number of anilines is 1. The predicted molar refractivity (Wildman–Crippen MR) is 49.8 cm³/mol. The molecule has 2 aromatic rings. The van der Waals surface area contributed by atoms with E-state index in [0.29, 0.717) is 5.69 Å². The zero-order valence-corrected chi connectivity index (χ0v) is 7.60. The Hall–Kier alpha value is -1.78. The van der Waals surface area contributed by atoms with Gasteiger partial charge in [0, 0.05) is 26.5 Å². The lowest BCUT2D eigenvalue weighted by atomic mass is 10.3. The predicted octanol–water partition coefficient (Wildman–Crippen LogP) is 0.403. The molecule has 0 radical (unpaired) electrons. The van der Waals surface area contributed by atoms with Crippen molar-refractivity contribution in [3.63, 3.8) is 0 Å². The highest BCUT2D eigenvalue weighted by molar-refractivity contribution is 5.67. The molecule has 0 aliphatic carbocycles. The van der Waals surface area contributed by atoms with Crippen molar-refractivity contribution in [2.24, 2.45) is 14.1 Å². The van der Waals surface area contributed by atoms with Crippen LogP contribution in [0.1, 0.15) is 0 Å². The first-order valence-electron chi connectivity index (χ1n) is 3.95. The van der Waals surface area contributed by atoms with Gasteiger partial charge in [-0.25, -0.2) is 4.98 Å². The van der Waals surface area contributed by atoms with Gasteiger partial charge in [0.15, 0.2) is 5.82 Å². The lowest BCUT2D eigenvalue weighted by Gasteiger charge is -2.02. The molecule has 2 N–H and O–H groups in total. The maximum Gasteiger partial charge on any atom is 0.160 e. The Morgan fingerprint density at radius 2 is 2.15 bits per heavy atom. The van der Waals surface area contributed by atoms with Crippen molar-refractivity contribution in [1.29, 1.82) is 0 Å². The van der Waals surface area contributed by atoms with Crippen molar-refractivity contribution < 1.29 is 0 Å². The summed E-state index contributed by atoms with van der Waals surface area (Å²) in [7, 11) is 3.77. The minimum Gasteiger partial charge on any atom is -0.396 e. The van der Waals surface area contributed by atoms with E-state index in [2.05, 4.69) is 10.1 Å². The normalized spacial score (nSPS) is 10.6. The number of hydrogen-bond donors (Lipinski definition) is 1. The van der Waals surface area contributed by atoms with Crippen molar-refractivity contribution in [3.05, 3.63) is 18.6 Å². The first-order valence-corrected chi connectivity index (χ1v) is 3.95. The van der Waals surface area contributed by atoms with E-state index in [9.17, 15) is 0 Å². The summed E-state index contributed by atoms with van der Waals surface area (Å²) in [5, 5.41) is 4.05. The number of hydrogen-bond acceptors (Lipinski definition) is 3. The molecule has 0 aromatic carbocycles. The number of aromatic nitrogens is 4. The molecule has 0 aliphatic heterocycles.